The molecule has 0 radical (unpaired) electrons. The number of hydrogen-bond acceptors (Lipinski definition) is 0. The van der Waals surface area contributed by atoms with E-state index in [2.05, 4.69) is 38.2 Å². The summed E-state index contributed by atoms with van der Waals surface area (Å²) in [6.07, 6.45) is 16.8. The van der Waals surface area contributed by atoms with Gasteiger partial charge in [0.05, 0.1) is 0 Å². The van der Waals surface area contributed by atoms with Crippen molar-refractivity contribution < 1.29 is 0 Å². The lowest BCUT2D eigenvalue weighted by Gasteiger charge is -2.04. The van der Waals surface area contributed by atoms with Crippen LogP contribution in [0.2, 0.25) is 0 Å². The van der Waals surface area contributed by atoms with Crippen molar-refractivity contribution in [2.24, 2.45) is 0 Å². The highest BCUT2D eigenvalue weighted by Crippen LogP contribution is 2.29. The van der Waals surface area contributed by atoms with Crippen molar-refractivity contribution in [3.8, 4) is 0 Å². The Kier molecular flexibility index (Phi) is 3.82. The standard InChI is InChI=1S/C16H22/c1-3-13-5-7-15(11-13)9-10-16-8-6-14(4-2)12-16/h5-7,12H,3-4,8-11H2,1-2H3. The molecule has 0 spiro atoms. The molecule has 0 aromatic heterocycles. The van der Waals surface area contributed by atoms with Crippen molar-refractivity contribution in [2.45, 2.75) is 52.4 Å². The summed E-state index contributed by atoms with van der Waals surface area (Å²) < 4.78 is 0. The summed E-state index contributed by atoms with van der Waals surface area (Å²) in [5.41, 5.74) is 6.39. The van der Waals surface area contributed by atoms with E-state index < -0.39 is 0 Å². The molecule has 0 bridgehead atoms. The molecule has 0 aliphatic heterocycles. The molecule has 0 heteroatoms. The van der Waals surface area contributed by atoms with E-state index in [4.69, 9.17) is 0 Å². The fraction of sp³-hybridized carbons (Fsp3) is 0.500. The first-order chi connectivity index (χ1) is 7.81. The molecule has 0 atom stereocenters. The Morgan fingerprint density at radius 3 is 2.31 bits per heavy atom. The van der Waals surface area contributed by atoms with Crippen LogP contribution in [0, 0.1) is 0 Å². The van der Waals surface area contributed by atoms with Gasteiger partial charge in [0.15, 0.2) is 0 Å². The largest absolute Gasteiger partial charge is 0.0773 e. The molecule has 0 saturated carbocycles. The molecule has 0 saturated heterocycles. The molecular formula is C16H22. The van der Waals surface area contributed by atoms with Gasteiger partial charge in [-0.15, -0.1) is 0 Å². The monoisotopic (exact) mass is 214 g/mol. The lowest BCUT2D eigenvalue weighted by atomic mass is 10.0. The summed E-state index contributed by atoms with van der Waals surface area (Å²) >= 11 is 0. The summed E-state index contributed by atoms with van der Waals surface area (Å²) in [5, 5.41) is 0. The quantitative estimate of drug-likeness (QED) is 0.597. The zero-order valence-corrected chi connectivity index (χ0v) is 10.6. The highest BCUT2D eigenvalue weighted by Gasteiger charge is 2.09. The van der Waals surface area contributed by atoms with E-state index in [-0.39, 0.29) is 0 Å². The van der Waals surface area contributed by atoms with Crippen LogP contribution in [-0.4, -0.2) is 0 Å². The van der Waals surface area contributed by atoms with Crippen LogP contribution in [0.5, 0.6) is 0 Å². The first kappa shape index (κ1) is 11.4. The Balaban J connectivity index is 1.75. The van der Waals surface area contributed by atoms with Crippen molar-refractivity contribution in [1.82, 2.24) is 0 Å². The van der Waals surface area contributed by atoms with Crippen LogP contribution in [0.1, 0.15) is 52.4 Å². The molecule has 0 N–H and O–H groups in total. The van der Waals surface area contributed by atoms with Gasteiger partial charge in [-0.2, -0.15) is 0 Å². The van der Waals surface area contributed by atoms with E-state index in [0.29, 0.717) is 0 Å². The van der Waals surface area contributed by atoms with Crippen LogP contribution in [0.4, 0.5) is 0 Å². The van der Waals surface area contributed by atoms with Gasteiger partial charge >= 0.3 is 0 Å². The molecule has 0 heterocycles. The van der Waals surface area contributed by atoms with Gasteiger partial charge in [-0.3, -0.25) is 0 Å². The second-order valence-electron chi connectivity index (χ2n) is 4.82. The molecule has 0 nitrogen and oxygen atoms in total. The van der Waals surface area contributed by atoms with Gasteiger partial charge in [0.1, 0.15) is 0 Å². The summed E-state index contributed by atoms with van der Waals surface area (Å²) in [6, 6.07) is 0. The second-order valence-corrected chi connectivity index (χ2v) is 4.82. The zero-order chi connectivity index (χ0) is 11.4. The van der Waals surface area contributed by atoms with Gasteiger partial charge in [0.2, 0.25) is 0 Å². The van der Waals surface area contributed by atoms with Crippen LogP contribution in [0.3, 0.4) is 0 Å². The van der Waals surface area contributed by atoms with Gasteiger partial charge in [-0.1, -0.05) is 60.4 Å². The number of rotatable bonds is 5. The third kappa shape index (κ3) is 2.75. The van der Waals surface area contributed by atoms with E-state index in [0.717, 1.165) is 0 Å². The molecule has 0 aromatic carbocycles. The molecule has 0 fully saturated rings. The first-order valence-corrected chi connectivity index (χ1v) is 6.57. The molecular weight excluding hydrogens is 192 g/mol. The van der Waals surface area contributed by atoms with Crippen molar-refractivity contribution in [3.63, 3.8) is 0 Å². The predicted molar refractivity (Wildman–Crippen MR) is 71.4 cm³/mol. The maximum atomic E-state index is 2.41. The van der Waals surface area contributed by atoms with Crippen LogP contribution in [0.15, 0.2) is 46.6 Å². The van der Waals surface area contributed by atoms with E-state index in [1.807, 2.05) is 0 Å². The summed E-state index contributed by atoms with van der Waals surface area (Å²) in [5.74, 6) is 0. The minimum absolute atomic E-state index is 1.19. The first-order valence-electron chi connectivity index (χ1n) is 6.57. The van der Waals surface area contributed by atoms with Gasteiger partial charge < -0.3 is 0 Å². The van der Waals surface area contributed by atoms with Crippen LogP contribution in [0.25, 0.3) is 0 Å². The number of allylic oxidation sites excluding steroid dienone is 8. The Morgan fingerprint density at radius 2 is 1.69 bits per heavy atom. The molecule has 2 rings (SSSR count). The van der Waals surface area contributed by atoms with Crippen molar-refractivity contribution in [2.75, 3.05) is 0 Å². The fourth-order valence-corrected chi connectivity index (χ4v) is 2.44. The average molecular weight is 214 g/mol. The second kappa shape index (κ2) is 5.34. The minimum Gasteiger partial charge on any atom is -0.0773 e. The average Bonchev–Trinajstić information content (AvgIpc) is 2.95. The SMILES string of the molecule is CCC1=CCC(CCC2=CC=C(CC)C2)=C1. The van der Waals surface area contributed by atoms with E-state index in [1.165, 1.54) is 44.1 Å². The maximum absolute atomic E-state index is 2.41. The van der Waals surface area contributed by atoms with Crippen molar-refractivity contribution in [1.29, 1.82) is 0 Å². The van der Waals surface area contributed by atoms with E-state index >= 15 is 0 Å². The maximum Gasteiger partial charge on any atom is -0.0102 e. The highest BCUT2D eigenvalue weighted by molar-refractivity contribution is 5.34. The van der Waals surface area contributed by atoms with Crippen LogP contribution in [-0.2, 0) is 0 Å². The topological polar surface area (TPSA) is 0 Å². The molecule has 0 unspecified atom stereocenters. The van der Waals surface area contributed by atoms with E-state index in [9.17, 15) is 0 Å². The van der Waals surface area contributed by atoms with Gasteiger partial charge in [0.25, 0.3) is 0 Å². The summed E-state index contributed by atoms with van der Waals surface area (Å²) in [6.45, 7) is 4.49. The van der Waals surface area contributed by atoms with Crippen molar-refractivity contribution in [3.05, 3.63) is 46.6 Å². The predicted octanol–water partition coefficient (Wildman–Crippen LogP) is 5.10. The Morgan fingerprint density at radius 1 is 0.938 bits per heavy atom. The Labute approximate surface area is 99.4 Å². The summed E-state index contributed by atoms with van der Waals surface area (Å²) in [7, 11) is 0. The van der Waals surface area contributed by atoms with Crippen LogP contribution < -0.4 is 0 Å². The molecule has 0 amide bonds. The van der Waals surface area contributed by atoms with Crippen molar-refractivity contribution >= 4 is 0 Å². The smallest absolute Gasteiger partial charge is 0.0102 e. The van der Waals surface area contributed by atoms with Gasteiger partial charge in [-0.05, 0) is 38.5 Å². The Bertz CT molecular complexity index is 375. The van der Waals surface area contributed by atoms with Crippen LogP contribution >= 0.6 is 0 Å². The van der Waals surface area contributed by atoms with E-state index in [1.54, 1.807) is 16.7 Å². The van der Waals surface area contributed by atoms with Gasteiger partial charge in [0, 0.05) is 0 Å². The minimum atomic E-state index is 1.19. The third-order valence-corrected chi connectivity index (χ3v) is 3.65. The third-order valence-electron chi connectivity index (χ3n) is 3.65. The summed E-state index contributed by atoms with van der Waals surface area (Å²) in [4.78, 5) is 0. The highest BCUT2D eigenvalue weighted by atomic mass is 14.2. The molecule has 2 aliphatic carbocycles. The zero-order valence-electron chi connectivity index (χ0n) is 10.6. The van der Waals surface area contributed by atoms with Gasteiger partial charge in [-0.25, -0.2) is 0 Å². The molecule has 86 valence electrons. The molecule has 16 heavy (non-hydrogen) atoms. The fourth-order valence-electron chi connectivity index (χ4n) is 2.44. The Hall–Kier alpha value is -1.04. The number of hydrogen-bond donors (Lipinski definition) is 0. The normalized spacial score (nSPS) is 19.4. The lowest BCUT2D eigenvalue weighted by Crippen LogP contribution is -1.85. The lowest BCUT2D eigenvalue weighted by molar-refractivity contribution is 0.866. The molecule has 2 aliphatic rings. The molecule has 0 aromatic rings.